The van der Waals surface area contributed by atoms with Gasteiger partial charge in [-0.1, -0.05) is 42.5 Å². The molecule has 19 heavy (non-hydrogen) atoms. The van der Waals surface area contributed by atoms with Crippen LogP contribution in [0.5, 0.6) is 0 Å². The minimum Gasteiger partial charge on any atom is -0.287 e. The Hall–Kier alpha value is -2.07. The number of aromatic nitrogens is 3. The number of para-hydroxylation sites is 1. The first-order chi connectivity index (χ1) is 9.43. The second-order valence-corrected chi connectivity index (χ2v) is 5.13. The smallest absolute Gasteiger partial charge is 0.123 e. The Morgan fingerprint density at radius 1 is 0.842 bits per heavy atom. The van der Waals surface area contributed by atoms with E-state index in [1.165, 1.54) is 10.5 Å². The lowest BCUT2D eigenvalue weighted by atomic mass is 10.2. The second-order valence-electron chi connectivity index (χ2n) is 4.11. The molecule has 0 aliphatic heterocycles. The van der Waals surface area contributed by atoms with Crippen molar-refractivity contribution in [2.24, 2.45) is 0 Å². The average molecular weight is 267 g/mol. The summed E-state index contributed by atoms with van der Waals surface area (Å²) < 4.78 is 1.94. The molecule has 0 saturated carbocycles. The van der Waals surface area contributed by atoms with Gasteiger partial charge in [-0.2, -0.15) is 0 Å². The standard InChI is InChI=1S/C15H13N3S/c1-2-6-13(7-3-1)10-19-15-9-5-4-8-14(15)18-11-16-17-12-18/h1-9,11-12H,10H2. The molecule has 1 aromatic heterocycles. The third kappa shape index (κ3) is 2.85. The van der Waals surface area contributed by atoms with Gasteiger partial charge in [-0.25, -0.2) is 0 Å². The molecular formula is C15H13N3S. The van der Waals surface area contributed by atoms with E-state index in [9.17, 15) is 0 Å². The van der Waals surface area contributed by atoms with Crippen LogP contribution in [0.4, 0.5) is 0 Å². The zero-order valence-electron chi connectivity index (χ0n) is 10.3. The van der Waals surface area contributed by atoms with Crippen LogP contribution in [0.15, 0.2) is 72.1 Å². The normalized spacial score (nSPS) is 10.5. The van der Waals surface area contributed by atoms with E-state index in [1.54, 1.807) is 12.7 Å². The molecule has 0 atom stereocenters. The van der Waals surface area contributed by atoms with Gasteiger partial charge in [0, 0.05) is 10.6 Å². The number of hydrogen-bond acceptors (Lipinski definition) is 3. The highest BCUT2D eigenvalue weighted by atomic mass is 32.2. The molecule has 2 aromatic carbocycles. The molecule has 3 nitrogen and oxygen atoms in total. The Morgan fingerprint density at radius 2 is 1.53 bits per heavy atom. The van der Waals surface area contributed by atoms with Gasteiger partial charge in [0.2, 0.25) is 0 Å². The van der Waals surface area contributed by atoms with E-state index in [0.717, 1.165) is 11.4 Å². The van der Waals surface area contributed by atoms with Gasteiger partial charge < -0.3 is 0 Å². The van der Waals surface area contributed by atoms with Crippen LogP contribution >= 0.6 is 11.8 Å². The molecule has 0 saturated heterocycles. The van der Waals surface area contributed by atoms with Crippen LogP contribution in [0.1, 0.15) is 5.56 Å². The van der Waals surface area contributed by atoms with Crippen molar-refractivity contribution in [3.8, 4) is 5.69 Å². The molecule has 0 aliphatic rings. The fourth-order valence-electron chi connectivity index (χ4n) is 1.85. The van der Waals surface area contributed by atoms with Crippen LogP contribution in [-0.4, -0.2) is 14.8 Å². The van der Waals surface area contributed by atoms with Crippen molar-refractivity contribution in [2.75, 3.05) is 0 Å². The molecule has 0 amide bonds. The molecule has 0 fully saturated rings. The highest BCUT2D eigenvalue weighted by molar-refractivity contribution is 7.98. The Bertz CT molecular complexity index is 636. The fourth-order valence-corrected chi connectivity index (χ4v) is 2.86. The van der Waals surface area contributed by atoms with Crippen LogP contribution in [0.2, 0.25) is 0 Å². The topological polar surface area (TPSA) is 30.7 Å². The quantitative estimate of drug-likeness (QED) is 0.677. The maximum atomic E-state index is 3.86. The van der Waals surface area contributed by atoms with Crippen LogP contribution in [-0.2, 0) is 5.75 Å². The summed E-state index contributed by atoms with van der Waals surface area (Å²) in [6.45, 7) is 0. The molecular weight excluding hydrogens is 254 g/mol. The van der Waals surface area contributed by atoms with E-state index in [-0.39, 0.29) is 0 Å². The monoisotopic (exact) mass is 267 g/mol. The SMILES string of the molecule is c1ccc(CSc2ccccc2-n2cnnc2)cc1. The lowest BCUT2D eigenvalue weighted by molar-refractivity contribution is 1.02. The molecule has 0 bridgehead atoms. The minimum atomic E-state index is 0.958. The predicted octanol–water partition coefficient (Wildman–Crippen LogP) is 3.56. The summed E-state index contributed by atoms with van der Waals surface area (Å²) >= 11 is 1.82. The summed E-state index contributed by atoms with van der Waals surface area (Å²) in [5.41, 5.74) is 2.44. The molecule has 0 radical (unpaired) electrons. The van der Waals surface area contributed by atoms with Crippen molar-refractivity contribution >= 4 is 11.8 Å². The van der Waals surface area contributed by atoms with Crippen molar-refractivity contribution in [1.29, 1.82) is 0 Å². The van der Waals surface area contributed by atoms with Crippen molar-refractivity contribution in [1.82, 2.24) is 14.8 Å². The van der Waals surface area contributed by atoms with Crippen molar-refractivity contribution in [3.63, 3.8) is 0 Å². The van der Waals surface area contributed by atoms with Gasteiger partial charge in [-0.3, -0.25) is 4.57 Å². The molecule has 1 heterocycles. The Labute approximate surface area is 116 Å². The first-order valence-electron chi connectivity index (χ1n) is 6.04. The van der Waals surface area contributed by atoms with Gasteiger partial charge in [-0.15, -0.1) is 22.0 Å². The van der Waals surface area contributed by atoms with Gasteiger partial charge in [0.1, 0.15) is 12.7 Å². The average Bonchev–Trinajstić information content (AvgIpc) is 3.01. The summed E-state index contributed by atoms with van der Waals surface area (Å²) in [6, 6.07) is 18.8. The van der Waals surface area contributed by atoms with Gasteiger partial charge in [0.05, 0.1) is 5.69 Å². The second kappa shape index (κ2) is 5.71. The highest BCUT2D eigenvalue weighted by Gasteiger charge is 2.04. The van der Waals surface area contributed by atoms with E-state index >= 15 is 0 Å². The van der Waals surface area contributed by atoms with Gasteiger partial charge in [0.15, 0.2) is 0 Å². The van der Waals surface area contributed by atoms with Crippen LogP contribution in [0.3, 0.4) is 0 Å². The summed E-state index contributed by atoms with van der Waals surface area (Å²) in [7, 11) is 0. The predicted molar refractivity (Wildman–Crippen MR) is 77.4 cm³/mol. The molecule has 4 heteroatoms. The van der Waals surface area contributed by atoms with Crippen LogP contribution < -0.4 is 0 Å². The Kier molecular flexibility index (Phi) is 3.61. The van der Waals surface area contributed by atoms with Gasteiger partial charge in [-0.05, 0) is 17.7 Å². The van der Waals surface area contributed by atoms with E-state index < -0.39 is 0 Å². The highest BCUT2D eigenvalue weighted by Crippen LogP contribution is 2.28. The number of nitrogens with zero attached hydrogens (tertiary/aromatic N) is 3. The summed E-state index contributed by atoms with van der Waals surface area (Å²) in [4.78, 5) is 1.23. The number of benzene rings is 2. The number of rotatable bonds is 4. The van der Waals surface area contributed by atoms with E-state index in [1.807, 2.05) is 28.5 Å². The maximum Gasteiger partial charge on any atom is 0.123 e. The third-order valence-corrected chi connectivity index (χ3v) is 3.93. The third-order valence-electron chi connectivity index (χ3n) is 2.80. The molecule has 0 unspecified atom stereocenters. The molecule has 3 rings (SSSR count). The summed E-state index contributed by atoms with van der Waals surface area (Å²) in [5.74, 6) is 0.958. The van der Waals surface area contributed by atoms with Crippen LogP contribution in [0.25, 0.3) is 5.69 Å². The maximum absolute atomic E-state index is 3.86. The van der Waals surface area contributed by atoms with Crippen molar-refractivity contribution in [2.45, 2.75) is 10.6 Å². The fraction of sp³-hybridized carbons (Fsp3) is 0.0667. The molecule has 0 aliphatic carbocycles. The Balaban J connectivity index is 1.82. The zero-order valence-corrected chi connectivity index (χ0v) is 11.1. The first-order valence-corrected chi connectivity index (χ1v) is 7.03. The van der Waals surface area contributed by atoms with E-state index in [4.69, 9.17) is 0 Å². The zero-order chi connectivity index (χ0) is 12.9. The first kappa shape index (κ1) is 12.0. The van der Waals surface area contributed by atoms with Gasteiger partial charge >= 0.3 is 0 Å². The minimum absolute atomic E-state index is 0.958. The lowest BCUT2D eigenvalue weighted by Crippen LogP contribution is -1.93. The number of hydrogen-bond donors (Lipinski definition) is 0. The van der Waals surface area contributed by atoms with Crippen LogP contribution in [0, 0.1) is 0 Å². The molecule has 0 spiro atoms. The van der Waals surface area contributed by atoms with E-state index in [2.05, 4.69) is 52.7 Å². The van der Waals surface area contributed by atoms with Crippen molar-refractivity contribution < 1.29 is 0 Å². The van der Waals surface area contributed by atoms with Crippen molar-refractivity contribution in [3.05, 3.63) is 72.8 Å². The lowest BCUT2D eigenvalue weighted by Gasteiger charge is -2.09. The number of thioether (sulfide) groups is 1. The van der Waals surface area contributed by atoms with Gasteiger partial charge in [0.25, 0.3) is 0 Å². The summed E-state index contributed by atoms with van der Waals surface area (Å²) in [6.07, 6.45) is 3.45. The molecule has 3 aromatic rings. The summed E-state index contributed by atoms with van der Waals surface area (Å²) in [5, 5.41) is 7.72. The van der Waals surface area contributed by atoms with E-state index in [0.29, 0.717) is 0 Å². The largest absolute Gasteiger partial charge is 0.287 e. The molecule has 0 N–H and O–H groups in total. The molecule has 94 valence electrons. The Morgan fingerprint density at radius 3 is 2.32 bits per heavy atom.